The van der Waals surface area contributed by atoms with Gasteiger partial charge in [-0.25, -0.2) is 4.79 Å². The summed E-state index contributed by atoms with van der Waals surface area (Å²) in [6, 6.07) is 3.88. The molecule has 0 atom stereocenters. The Balaban J connectivity index is 2.75. The van der Waals surface area contributed by atoms with E-state index in [4.69, 9.17) is 16.7 Å². The van der Waals surface area contributed by atoms with Gasteiger partial charge < -0.3 is 10.4 Å². The largest absolute Gasteiger partial charge is 0.478 e. The first-order valence-electron chi connectivity index (χ1n) is 4.63. The summed E-state index contributed by atoms with van der Waals surface area (Å²) in [4.78, 5) is 10.8. The third-order valence-corrected chi connectivity index (χ3v) is 2.17. The van der Waals surface area contributed by atoms with E-state index in [-0.39, 0.29) is 16.3 Å². The molecule has 0 bridgehead atoms. The molecule has 1 aromatic carbocycles. The van der Waals surface area contributed by atoms with E-state index in [1.54, 1.807) is 0 Å². The average molecular weight is 268 g/mol. The van der Waals surface area contributed by atoms with Gasteiger partial charge in [0.1, 0.15) is 0 Å². The van der Waals surface area contributed by atoms with Crippen molar-refractivity contribution in [2.24, 2.45) is 0 Å². The number of hydrogen-bond acceptors (Lipinski definition) is 2. The molecule has 0 aromatic heterocycles. The van der Waals surface area contributed by atoms with Gasteiger partial charge in [-0.15, -0.1) is 0 Å². The number of anilines is 1. The molecule has 0 aliphatic carbocycles. The van der Waals surface area contributed by atoms with Gasteiger partial charge in [-0.3, -0.25) is 0 Å². The van der Waals surface area contributed by atoms with Gasteiger partial charge in [0.15, 0.2) is 0 Å². The van der Waals surface area contributed by atoms with Crippen molar-refractivity contribution in [3.05, 3.63) is 28.8 Å². The zero-order valence-corrected chi connectivity index (χ0v) is 9.27. The quantitative estimate of drug-likeness (QED) is 0.879. The van der Waals surface area contributed by atoms with Crippen LogP contribution in [0.3, 0.4) is 0 Å². The lowest BCUT2D eigenvalue weighted by Crippen LogP contribution is -2.16. The molecule has 94 valence electrons. The van der Waals surface area contributed by atoms with Crippen LogP contribution in [0.25, 0.3) is 0 Å². The molecular weight excluding hydrogens is 259 g/mol. The minimum Gasteiger partial charge on any atom is -0.478 e. The van der Waals surface area contributed by atoms with Crippen LogP contribution in [0.1, 0.15) is 16.8 Å². The molecule has 0 aliphatic heterocycles. The van der Waals surface area contributed by atoms with Gasteiger partial charge in [0.25, 0.3) is 0 Å². The van der Waals surface area contributed by atoms with Gasteiger partial charge in [0.2, 0.25) is 0 Å². The van der Waals surface area contributed by atoms with Crippen molar-refractivity contribution in [1.29, 1.82) is 0 Å². The van der Waals surface area contributed by atoms with E-state index >= 15 is 0 Å². The lowest BCUT2D eigenvalue weighted by Gasteiger charge is -2.11. The predicted molar refractivity (Wildman–Crippen MR) is 57.6 cm³/mol. The number of nitrogens with one attached hydrogen (secondary N) is 1. The van der Waals surface area contributed by atoms with Gasteiger partial charge in [-0.05, 0) is 18.2 Å². The number of alkyl halides is 3. The van der Waals surface area contributed by atoms with Crippen LogP contribution in [-0.2, 0) is 0 Å². The SMILES string of the molecule is O=C(O)c1ccc(Cl)cc1NCCC(F)(F)F. The molecule has 0 aliphatic rings. The van der Waals surface area contributed by atoms with E-state index in [9.17, 15) is 18.0 Å². The second-order valence-electron chi connectivity index (χ2n) is 3.29. The zero-order chi connectivity index (χ0) is 13.1. The highest BCUT2D eigenvalue weighted by atomic mass is 35.5. The zero-order valence-electron chi connectivity index (χ0n) is 8.51. The van der Waals surface area contributed by atoms with Crippen LogP contribution >= 0.6 is 11.6 Å². The fourth-order valence-corrected chi connectivity index (χ4v) is 1.36. The minimum atomic E-state index is -4.28. The van der Waals surface area contributed by atoms with Crippen LogP contribution in [-0.4, -0.2) is 23.8 Å². The van der Waals surface area contributed by atoms with E-state index in [0.717, 1.165) is 0 Å². The molecule has 0 amide bonds. The molecule has 0 saturated carbocycles. The number of aromatic carboxylic acids is 1. The molecule has 1 rings (SSSR count). The molecule has 0 spiro atoms. The van der Waals surface area contributed by atoms with Crippen molar-refractivity contribution in [2.45, 2.75) is 12.6 Å². The minimum absolute atomic E-state index is 0.0780. The fraction of sp³-hybridized carbons (Fsp3) is 0.300. The number of hydrogen-bond donors (Lipinski definition) is 2. The van der Waals surface area contributed by atoms with Crippen LogP contribution in [0.15, 0.2) is 18.2 Å². The van der Waals surface area contributed by atoms with Crippen LogP contribution < -0.4 is 5.32 Å². The summed E-state index contributed by atoms with van der Waals surface area (Å²) < 4.78 is 35.7. The Bertz CT molecular complexity index is 421. The van der Waals surface area contributed by atoms with Crippen molar-refractivity contribution in [3.8, 4) is 0 Å². The Kier molecular flexibility index (Phi) is 4.22. The standard InChI is InChI=1S/C10H9ClF3NO2/c11-6-1-2-7(9(16)17)8(5-6)15-4-3-10(12,13)14/h1-2,5,15H,3-4H2,(H,16,17). The fourth-order valence-electron chi connectivity index (χ4n) is 1.19. The Morgan fingerprint density at radius 2 is 2.06 bits per heavy atom. The maximum Gasteiger partial charge on any atom is 0.390 e. The normalized spacial score (nSPS) is 11.3. The van der Waals surface area contributed by atoms with Crippen LogP contribution in [0.4, 0.5) is 18.9 Å². The number of carbonyl (C=O) groups is 1. The number of carboxylic acid groups (broad SMARTS) is 1. The van der Waals surface area contributed by atoms with Gasteiger partial charge in [0.05, 0.1) is 17.7 Å². The molecule has 0 heterocycles. The summed E-state index contributed by atoms with van der Waals surface area (Å²) in [5.74, 6) is -1.23. The maximum absolute atomic E-state index is 11.9. The van der Waals surface area contributed by atoms with E-state index in [0.29, 0.717) is 0 Å². The Morgan fingerprint density at radius 3 is 2.59 bits per heavy atom. The highest BCUT2D eigenvalue weighted by Gasteiger charge is 2.26. The van der Waals surface area contributed by atoms with Gasteiger partial charge in [-0.2, -0.15) is 13.2 Å². The topological polar surface area (TPSA) is 49.3 Å². The van der Waals surface area contributed by atoms with E-state index in [2.05, 4.69) is 5.32 Å². The van der Waals surface area contributed by atoms with Crippen molar-refractivity contribution in [3.63, 3.8) is 0 Å². The Hall–Kier alpha value is -1.43. The molecule has 1 aromatic rings. The van der Waals surface area contributed by atoms with E-state index in [1.165, 1.54) is 18.2 Å². The molecule has 7 heteroatoms. The van der Waals surface area contributed by atoms with Crippen LogP contribution in [0, 0.1) is 0 Å². The lowest BCUT2D eigenvalue weighted by molar-refractivity contribution is -0.131. The van der Waals surface area contributed by atoms with Crippen molar-refractivity contribution < 1.29 is 23.1 Å². The molecule has 0 unspecified atom stereocenters. The van der Waals surface area contributed by atoms with Crippen molar-refractivity contribution in [2.75, 3.05) is 11.9 Å². The van der Waals surface area contributed by atoms with Gasteiger partial charge >= 0.3 is 12.1 Å². The van der Waals surface area contributed by atoms with Crippen LogP contribution in [0.5, 0.6) is 0 Å². The van der Waals surface area contributed by atoms with Gasteiger partial charge in [-0.1, -0.05) is 11.6 Å². The summed E-state index contributed by atoms with van der Waals surface area (Å²) in [7, 11) is 0. The average Bonchev–Trinajstić information content (AvgIpc) is 2.15. The smallest absolute Gasteiger partial charge is 0.390 e. The number of halogens is 4. The predicted octanol–water partition coefficient (Wildman–Crippen LogP) is 3.40. The lowest BCUT2D eigenvalue weighted by atomic mass is 10.2. The molecule has 17 heavy (non-hydrogen) atoms. The number of rotatable bonds is 4. The summed E-state index contributed by atoms with van der Waals surface area (Å²) >= 11 is 5.64. The summed E-state index contributed by atoms with van der Waals surface area (Å²) in [5.41, 5.74) is -0.0363. The summed E-state index contributed by atoms with van der Waals surface area (Å²) in [6.45, 7) is -0.399. The summed E-state index contributed by atoms with van der Waals surface area (Å²) in [6.07, 6.45) is -5.33. The van der Waals surface area contributed by atoms with Gasteiger partial charge in [0, 0.05) is 11.6 Å². The number of carboxylic acids is 1. The molecule has 0 fully saturated rings. The third-order valence-electron chi connectivity index (χ3n) is 1.94. The maximum atomic E-state index is 11.9. The molecule has 0 radical (unpaired) electrons. The third kappa shape index (κ3) is 4.52. The molecule has 2 N–H and O–H groups in total. The van der Waals surface area contributed by atoms with Crippen molar-refractivity contribution in [1.82, 2.24) is 0 Å². The van der Waals surface area contributed by atoms with E-state index in [1.807, 2.05) is 0 Å². The highest BCUT2D eigenvalue weighted by molar-refractivity contribution is 6.31. The second-order valence-corrected chi connectivity index (χ2v) is 3.72. The second kappa shape index (κ2) is 5.27. The Morgan fingerprint density at radius 1 is 1.41 bits per heavy atom. The first kappa shape index (κ1) is 13.6. The monoisotopic (exact) mass is 267 g/mol. The molecule has 0 saturated heterocycles. The van der Waals surface area contributed by atoms with E-state index < -0.39 is 25.1 Å². The summed E-state index contributed by atoms with van der Waals surface area (Å²) in [5, 5.41) is 11.5. The first-order chi connectivity index (χ1) is 7.79. The Labute approximate surface area is 100 Å². The van der Waals surface area contributed by atoms with Crippen molar-refractivity contribution >= 4 is 23.3 Å². The first-order valence-corrected chi connectivity index (χ1v) is 5.01. The molecular formula is C10H9ClF3NO2. The molecule has 3 nitrogen and oxygen atoms in total. The van der Waals surface area contributed by atoms with Crippen LogP contribution in [0.2, 0.25) is 5.02 Å². The highest BCUT2D eigenvalue weighted by Crippen LogP contribution is 2.23. The number of benzene rings is 1.